The second-order valence-corrected chi connectivity index (χ2v) is 7.46. The fourth-order valence-electron chi connectivity index (χ4n) is 3.44. The molecular weight excluding hydrogens is 391 g/mol. The maximum atomic E-state index is 13.2. The first-order valence-electron chi connectivity index (χ1n) is 9.49. The molecule has 1 N–H and O–H groups in total. The Morgan fingerprint density at radius 1 is 1.10 bits per heavy atom. The number of amides is 1. The van der Waals surface area contributed by atoms with E-state index in [0.29, 0.717) is 17.4 Å². The third-order valence-corrected chi connectivity index (χ3v) is 5.22. The third-order valence-electron chi connectivity index (χ3n) is 4.97. The van der Waals surface area contributed by atoms with E-state index in [1.807, 2.05) is 6.07 Å². The molecule has 148 valence electrons. The van der Waals surface area contributed by atoms with Crippen molar-refractivity contribution >= 4 is 29.0 Å². The topological polar surface area (TPSA) is 58.1 Å². The number of benzene rings is 2. The molecule has 3 aromatic rings. The summed E-state index contributed by atoms with van der Waals surface area (Å²) in [5, 5.41) is 3.59. The molecule has 1 aliphatic heterocycles. The van der Waals surface area contributed by atoms with Crippen molar-refractivity contribution < 1.29 is 9.18 Å². The lowest BCUT2D eigenvalue weighted by molar-refractivity contribution is -0.120. The van der Waals surface area contributed by atoms with Gasteiger partial charge in [0.05, 0.1) is 5.92 Å². The van der Waals surface area contributed by atoms with Crippen LogP contribution in [0, 0.1) is 11.7 Å². The normalized spacial score (nSPS) is 16.5. The van der Waals surface area contributed by atoms with E-state index in [0.717, 1.165) is 36.5 Å². The average Bonchev–Trinajstić information content (AvgIpc) is 2.76. The van der Waals surface area contributed by atoms with Crippen molar-refractivity contribution in [3.8, 4) is 11.4 Å². The van der Waals surface area contributed by atoms with Crippen molar-refractivity contribution in [2.75, 3.05) is 23.3 Å². The Labute approximate surface area is 173 Å². The van der Waals surface area contributed by atoms with Gasteiger partial charge in [0, 0.05) is 35.6 Å². The van der Waals surface area contributed by atoms with Crippen molar-refractivity contribution in [1.29, 1.82) is 0 Å². The van der Waals surface area contributed by atoms with E-state index in [-0.39, 0.29) is 17.6 Å². The van der Waals surface area contributed by atoms with Gasteiger partial charge in [-0.1, -0.05) is 11.6 Å². The molecule has 1 aromatic heterocycles. The molecule has 2 heterocycles. The van der Waals surface area contributed by atoms with Gasteiger partial charge in [-0.25, -0.2) is 14.4 Å². The van der Waals surface area contributed by atoms with E-state index in [1.165, 1.54) is 12.1 Å². The number of nitrogens with zero attached hydrogens (tertiary/aromatic N) is 3. The number of rotatable bonds is 4. The Morgan fingerprint density at radius 3 is 2.62 bits per heavy atom. The molecule has 0 aliphatic carbocycles. The number of carbonyl (C=O) groups is 1. The van der Waals surface area contributed by atoms with E-state index in [4.69, 9.17) is 11.6 Å². The predicted molar refractivity (Wildman–Crippen MR) is 112 cm³/mol. The molecule has 0 radical (unpaired) electrons. The molecule has 1 saturated heterocycles. The van der Waals surface area contributed by atoms with Gasteiger partial charge in [-0.2, -0.15) is 0 Å². The van der Waals surface area contributed by atoms with E-state index in [1.54, 1.807) is 42.6 Å². The molecule has 0 saturated carbocycles. The first kappa shape index (κ1) is 19.3. The lowest BCUT2D eigenvalue weighted by Gasteiger charge is -2.33. The minimum absolute atomic E-state index is 0.00941. The second-order valence-electron chi connectivity index (χ2n) is 7.03. The summed E-state index contributed by atoms with van der Waals surface area (Å²) in [4.78, 5) is 23.7. The molecule has 7 heteroatoms. The highest BCUT2D eigenvalue weighted by molar-refractivity contribution is 6.30. The lowest BCUT2D eigenvalue weighted by Crippen LogP contribution is -2.41. The van der Waals surface area contributed by atoms with Crippen LogP contribution in [0.1, 0.15) is 12.8 Å². The third kappa shape index (κ3) is 4.71. The summed E-state index contributed by atoms with van der Waals surface area (Å²) in [6, 6.07) is 15.0. The molecule has 29 heavy (non-hydrogen) atoms. The number of anilines is 2. The largest absolute Gasteiger partial charge is 0.356 e. The Balaban J connectivity index is 1.46. The number of hydrogen-bond donors (Lipinski definition) is 1. The van der Waals surface area contributed by atoms with Crippen molar-refractivity contribution in [1.82, 2.24) is 9.97 Å². The molecule has 0 unspecified atom stereocenters. The average molecular weight is 411 g/mol. The Morgan fingerprint density at radius 2 is 1.86 bits per heavy atom. The van der Waals surface area contributed by atoms with Gasteiger partial charge >= 0.3 is 0 Å². The van der Waals surface area contributed by atoms with Crippen LogP contribution in [0.15, 0.2) is 60.8 Å². The van der Waals surface area contributed by atoms with Gasteiger partial charge in [-0.05, 0) is 67.4 Å². The molecule has 1 fully saturated rings. The van der Waals surface area contributed by atoms with Crippen LogP contribution >= 0.6 is 11.6 Å². The van der Waals surface area contributed by atoms with Crippen molar-refractivity contribution in [2.24, 2.45) is 5.92 Å². The number of piperidine rings is 1. The quantitative estimate of drug-likeness (QED) is 0.671. The van der Waals surface area contributed by atoms with Crippen LogP contribution in [0.3, 0.4) is 0 Å². The van der Waals surface area contributed by atoms with E-state index >= 15 is 0 Å². The van der Waals surface area contributed by atoms with Gasteiger partial charge in [-0.15, -0.1) is 0 Å². The molecule has 5 nitrogen and oxygen atoms in total. The van der Waals surface area contributed by atoms with Gasteiger partial charge in [-0.3, -0.25) is 4.79 Å². The maximum absolute atomic E-state index is 13.2. The fourth-order valence-corrected chi connectivity index (χ4v) is 3.57. The minimum Gasteiger partial charge on any atom is -0.356 e. The molecule has 2 aromatic carbocycles. The van der Waals surface area contributed by atoms with Gasteiger partial charge < -0.3 is 10.2 Å². The molecule has 1 aliphatic rings. The van der Waals surface area contributed by atoms with Crippen LogP contribution in [0.25, 0.3) is 11.4 Å². The number of halogens is 2. The van der Waals surface area contributed by atoms with Gasteiger partial charge in [0.15, 0.2) is 5.82 Å². The minimum atomic E-state index is -0.296. The fraction of sp³-hybridized carbons (Fsp3) is 0.227. The Bertz CT molecular complexity index is 994. The highest BCUT2D eigenvalue weighted by Gasteiger charge is 2.27. The van der Waals surface area contributed by atoms with Crippen molar-refractivity contribution in [3.05, 3.63) is 71.6 Å². The first-order chi connectivity index (χ1) is 14.1. The van der Waals surface area contributed by atoms with Crippen LogP contribution in [0.4, 0.5) is 15.9 Å². The van der Waals surface area contributed by atoms with E-state index in [2.05, 4.69) is 20.2 Å². The summed E-state index contributed by atoms with van der Waals surface area (Å²) in [6.45, 7) is 1.41. The Hall–Kier alpha value is -2.99. The summed E-state index contributed by atoms with van der Waals surface area (Å²) in [7, 11) is 0. The maximum Gasteiger partial charge on any atom is 0.229 e. The van der Waals surface area contributed by atoms with Gasteiger partial charge in [0.2, 0.25) is 5.91 Å². The van der Waals surface area contributed by atoms with Gasteiger partial charge in [0.25, 0.3) is 0 Å². The second kappa shape index (κ2) is 8.57. The first-order valence-corrected chi connectivity index (χ1v) is 9.87. The number of aromatic nitrogens is 2. The van der Waals surface area contributed by atoms with Crippen LogP contribution in [-0.2, 0) is 4.79 Å². The van der Waals surface area contributed by atoms with E-state index in [9.17, 15) is 9.18 Å². The van der Waals surface area contributed by atoms with Crippen molar-refractivity contribution in [2.45, 2.75) is 12.8 Å². The molecule has 4 rings (SSSR count). The van der Waals surface area contributed by atoms with Crippen LogP contribution in [-0.4, -0.2) is 29.0 Å². The zero-order valence-corrected chi connectivity index (χ0v) is 16.4. The Kier molecular flexibility index (Phi) is 5.71. The smallest absolute Gasteiger partial charge is 0.229 e. The predicted octanol–water partition coefficient (Wildman–Crippen LogP) is 4.79. The summed E-state index contributed by atoms with van der Waals surface area (Å²) in [5.74, 6) is 0.863. The standard InChI is InChI=1S/C22H20ClFN4O/c23-17-5-9-19(10-6-17)26-22(29)16-2-1-13-28(14-16)20-11-12-25-21(27-20)15-3-7-18(24)8-4-15/h3-12,16H,1-2,13-14H2,(H,26,29)/t16-/m1/s1. The zero-order valence-electron chi connectivity index (χ0n) is 15.7. The van der Waals surface area contributed by atoms with Crippen molar-refractivity contribution in [3.63, 3.8) is 0 Å². The number of hydrogen-bond acceptors (Lipinski definition) is 4. The molecule has 1 amide bonds. The molecule has 0 spiro atoms. The summed E-state index contributed by atoms with van der Waals surface area (Å²) in [6.07, 6.45) is 3.42. The highest BCUT2D eigenvalue weighted by atomic mass is 35.5. The van der Waals surface area contributed by atoms with Crippen LogP contribution in [0.5, 0.6) is 0 Å². The van der Waals surface area contributed by atoms with Crippen LogP contribution < -0.4 is 10.2 Å². The highest BCUT2D eigenvalue weighted by Crippen LogP contribution is 2.25. The monoisotopic (exact) mass is 410 g/mol. The summed E-state index contributed by atoms with van der Waals surface area (Å²) < 4.78 is 13.2. The zero-order chi connectivity index (χ0) is 20.2. The number of carbonyl (C=O) groups excluding carboxylic acids is 1. The van der Waals surface area contributed by atoms with E-state index < -0.39 is 0 Å². The molecular formula is C22H20ClFN4O. The summed E-state index contributed by atoms with van der Waals surface area (Å²) >= 11 is 5.90. The summed E-state index contributed by atoms with van der Waals surface area (Å²) in [5.41, 5.74) is 1.49. The molecule has 0 bridgehead atoms. The lowest BCUT2D eigenvalue weighted by atomic mass is 9.97. The van der Waals surface area contributed by atoms with Gasteiger partial charge in [0.1, 0.15) is 11.6 Å². The molecule has 1 atom stereocenters. The SMILES string of the molecule is O=C(Nc1ccc(Cl)cc1)[C@@H]1CCCN(c2ccnc(-c3ccc(F)cc3)n2)C1. The van der Waals surface area contributed by atoms with Crippen LogP contribution in [0.2, 0.25) is 5.02 Å². The number of nitrogens with one attached hydrogen (secondary N) is 1.